The molecule has 1 aromatic carbocycles. The fourth-order valence-corrected chi connectivity index (χ4v) is 2.65. The molecule has 0 heterocycles. The van der Waals surface area contributed by atoms with Crippen molar-refractivity contribution in [3.05, 3.63) is 35.6 Å². The van der Waals surface area contributed by atoms with Crippen molar-refractivity contribution in [2.45, 2.75) is 25.3 Å². The van der Waals surface area contributed by atoms with Gasteiger partial charge in [-0.1, -0.05) is 30.8 Å². The van der Waals surface area contributed by atoms with Crippen LogP contribution in [0, 0.1) is 11.7 Å². The number of benzene rings is 1. The summed E-state index contributed by atoms with van der Waals surface area (Å²) in [7, 11) is 0. The predicted octanol–water partition coefficient (Wildman–Crippen LogP) is 4.24. The smallest absolute Gasteiger partial charge is 0.317 e. The van der Waals surface area contributed by atoms with E-state index < -0.39 is 5.51 Å². The minimum atomic E-state index is -4.18. The Morgan fingerprint density at radius 2 is 2.05 bits per heavy atom. The highest BCUT2D eigenvalue weighted by Crippen LogP contribution is 2.31. The summed E-state index contributed by atoms with van der Waals surface area (Å²) in [6, 6.07) is 6.23. The molecule has 0 saturated carbocycles. The van der Waals surface area contributed by atoms with Crippen LogP contribution in [0.25, 0.3) is 0 Å². The van der Waals surface area contributed by atoms with Crippen LogP contribution in [0.2, 0.25) is 0 Å². The molecule has 0 radical (unpaired) electrons. The maximum Gasteiger partial charge on any atom is 0.441 e. The standard InChI is InChI=1S/C14H19F4NS/c1-2-19-10-12(6-7-20-14(16,17)18)8-11-4-3-5-13(15)9-11/h3-5,9,12,19H,2,6-8,10H2,1H3. The summed E-state index contributed by atoms with van der Waals surface area (Å²) < 4.78 is 49.5. The summed E-state index contributed by atoms with van der Waals surface area (Å²) in [5.74, 6) is -0.199. The summed E-state index contributed by atoms with van der Waals surface area (Å²) >= 11 is 0.00722. The van der Waals surface area contributed by atoms with E-state index in [-0.39, 0.29) is 29.2 Å². The van der Waals surface area contributed by atoms with Crippen molar-refractivity contribution in [2.75, 3.05) is 18.8 Å². The van der Waals surface area contributed by atoms with E-state index in [9.17, 15) is 17.6 Å². The molecule has 0 spiro atoms. The Hall–Kier alpha value is -0.750. The number of rotatable bonds is 8. The lowest BCUT2D eigenvalue weighted by Crippen LogP contribution is -2.25. The fraction of sp³-hybridized carbons (Fsp3) is 0.571. The van der Waals surface area contributed by atoms with Crippen LogP contribution in [0.3, 0.4) is 0 Å². The Balaban J connectivity index is 2.50. The quantitative estimate of drug-likeness (QED) is 0.721. The first-order chi connectivity index (χ1) is 9.40. The van der Waals surface area contributed by atoms with Crippen LogP contribution in [0.4, 0.5) is 17.6 Å². The van der Waals surface area contributed by atoms with E-state index in [1.165, 1.54) is 12.1 Å². The van der Waals surface area contributed by atoms with Gasteiger partial charge >= 0.3 is 5.51 Å². The summed E-state index contributed by atoms with van der Waals surface area (Å²) in [4.78, 5) is 0. The topological polar surface area (TPSA) is 12.0 Å². The summed E-state index contributed by atoms with van der Waals surface area (Å²) in [5, 5.41) is 3.15. The zero-order valence-electron chi connectivity index (χ0n) is 11.3. The molecule has 0 aliphatic carbocycles. The van der Waals surface area contributed by atoms with Gasteiger partial charge in [-0.3, -0.25) is 0 Å². The van der Waals surface area contributed by atoms with E-state index in [0.717, 1.165) is 12.1 Å². The van der Waals surface area contributed by atoms with Crippen LogP contribution >= 0.6 is 11.8 Å². The second-order valence-electron chi connectivity index (χ2n) is 4.59. The predicted molar refractivity (Wildman–Crippen MR) is 75.3 cm³/mol. The molecule has 0 fully saturated rings. The highest BCUT2D eigenvalue weighted by atomic mass is 32.2. The van der Waals surface area contributed by atoms with Crippen molar-refractivity contribution in [1.82, 2.24) is 5.32 Å². The molecule has 0 amide bonds. The Bertz CT molecular complexity index is 395. The van der Waals surface area contributed by atoms with Gasteiger partial charge < -0.3 is 5.32 Å². The summed E-state index contributed by atoms with van der Waals surface area (Å²) in [5.41, 5.74) is -3.35. The van der Waals surface area contributed by atoms with E-state index in [0.29, 0.717) is 19.4 Å². The molecule has 1 N–H and O–H groups in total. The van der Waals surface area contributed by atoms with Gasteiger partial charge in [0.05, 0.1) is 0 Å². The van der Waals surface area contributed by atoms with Crippen molar-refractivity contribution in [3.63, 3.8) is 0 Å². The maximum atomic E-state index is 13.1. The fourth-order valence-electron chi connectivity index (χ4n) is 1.96. The van der Waals surface area contributed by atoms with Gasteiger partial charge in [-0.25, -0.2) is 4.39 Å². The molecule has 0 saturated heterocycles. The number of hydrogen-bond donors (Lipinski definition) is 1. The lowest BCUT2D eigenvalue weighted by Gasteiger charge is -2.17. The third-order valence-corrected chi connectivity index (χ3v) is 3.66. The molecule has 1 unspecified atom stereocenters. The molecule has 0 aliphatic heterocycles. The molecule has 1 rings (SSSR count). The number of nitrogens with one attached hydrogen (secondary N) is 1. The second kappa shape index (κ2) is 8.52. The molecule has 114 valence electrons. The first-order valence-corrected chi connectivity index (χ1v) is 7.55. The van der Waals surface area contributed by atoms with Gasteiger partial charge in [0, 0.05) is 5.75 Å². The minimum absolute atomic E-state index is 0.00722. The molecule has 0 aromatic heterocycles. The molecule has 6 heteroatoms. The minimum Gasteiger partial charge on any atom is -0.317 e. The molecule has 20 heavy (non-hydrogen) atoms. The zero-order chi connectivity index (χ0) is 15.0. The lowest BCUT2D eigenvalue weighted by atomic mass is 9.97. The van der Waals surface area contributed by atoms with Crippen LogP contribution in [0.1, 0.15) is 18.9 Å². The van der Waals surface area contributed by atoms with Crippen molar-refractivity contribution >= 4 is 11.8 Å². The van der Waals surface area contributed by atoms with Crippen LogP contribution in [-0.2, 0) is 6.42 Å². The zero-order valence-corrected chi connectivity index (χ0v) is 12.2. The third kappa shape index (κ3) is 7.75. The molecule has 1 nitrogen and oxygen atoms in total. The van der Waals surface area contributed by atoms with Crippen LogP contribution < -0.4 is 5.32 Å². The molecule has 1 aromatic rings. The van der Waals surface area contributed by atoms with Crippen molar-refractivity contribution in [2.24, 2.45) is 5.92 Å². The molecule has 1 atom stereocenters. The van der Waals surface area contributed by atoms with Gasteiger partial charge in [-0.2, -0.15) is 13.2 Å². The normalized spacial score (nSPS) is 13.4. The largest absolute Gasteiger partial charge is 0.441 e. The summed E-state index contributed by atoms with van der Waals surface area (Å²) in [6.45, 7) is 3.36. The van der Waals surface area contributed by atoms with Gasteiger partial charge in [-0.15, -0.1) is 0 Å². The Labute approximate surface area is 121 Å². The van der Waals surface area contributed by atoms with Gasteiger partial charge in [0.25, 0.3) is 0 Å². The van der Waals surface area contributed by atoms with E-state index in [2.05, 4.69) is 5.32 Å². The average molecular weight is 309 g/mol. The van der Waals surface area contributed by atoms with Crippen molar-refractivity contribution < 1.29 is 17.6 Å². The number of halogens is 4. The van der Waals surface area contributed by atoms with E-state index >= 15 is 0 Å². The number of thioether (sulfide) groups is 1. The highest BCUT2D eigenvalue weighted by Gasteiger charge is 2.28. The second-order valence-corrected chi connectivity index (χ2v) is 5.75. The Morgan fingerprint density at radius 3 is 2.65 bits per heavy atom. The average Bonchev–Trinajstić information content (AvgIpc) is 2.34. The van der Waals surface area contributed by atoms with Crippen LogP contribution in [0.5, 0.6) is 0 Å². The van der Waals surface area contributed by atoms with Crippen molar-refractivity contribution in [3.8, 4) is 0 Å². The number of alkyl halides is 3. The van der Waals surface area contributed by atoms with E-state index in [1.807, 2.05) is 6.92 Å². The number of hydrogen-bond acceptors (Lipinski definition) is 2. The monoisotopic (exact) mass is 309 g/mol. The summed E-state index contributed by atoms with van der Waals surface area (Å²) in [6.07, 6.45) is 1.04. The van der Waals surface area contributed by atoms with Crippen LogP contribution in [-0.4, -0.2) is 24.4 Å². The Morgan fingerprint density at radius 1 is 1.30 bits per heavy atom. The lowest BCUT2D eigenvalue weighted by molar-refractivity contribution is -0.0328. The third-order valence-electron chi connectivity index (χ3n) is 2.89. The first kappa shape index (κ1) is 17.3. The van der Waals surface area contributed by atoms with E-state index in [4.69, 9.17) is 0 Å². The first-order valence-electron chi connectivity index (χ1n) is 6.56. The molecule has 0 bridgehead atoms. The van der Waals surface area contributed by atoms with Crippen molar-refractivity contribution in [1.29, 1.82) is 0 Å². The maximum absolute atomic E-state index is 13.1. The molecular weight excluding hydrogens is 290 g/mol. The van der Waals surface area contributed by atoms with E-state index in [1.54, 1.807) is 12.1 Å². The van der Waals surface area contributed by atoms with Gasteiger partial charge in [0.2, 0.25) is 0 Å². The van der Waals surface area contributed by atoms with Crippen LogP contribution in [0.15, 0.2) is 24.3 Å². The molecule has 0 aliphatic rings. The SMILES string of the molecule is CCNCC(CCSC(F)(F)F)Cc1cccc(F)c1. The van der Waals surface area contributed by atoms with Gasteiger partial charge in [-0.05, 0) is 49.5 Å². The van der Waals surface area contributed by atoms with Gasteiger partial charge in [0.15, 0.2) is 0 Å². The highest BCUT2D eigenvalue weighted by molar-refractivity contribution is 8.00. The van der Waals surface area contributed by atoms with Gasteiger partial charge in [0.1, 0.15) is 5.82 Å². The Kier molecular flexibility index (Phi) is 7.37. The molecular formula is C14H19F4NS.